The van der Waals surface area contributed by atoms with Crippen LogP contribution in [0.4, 0.5) is 5.69 Å². The number of halogens is 1. The van der Waals surface area contributed by atoms with Gasteiger partial charge < -0.3 is 16.0 Å². The molecule has 1 amide bonds. The molecule has 4 N–H and O–H groups in total. The van der Waals surface area contributed by atoms with Crippen LogP contribution in [0.15, 0.2) is 41.0 Å². The van der Waals surface area contributed by atoms with Crippen molar-refractivity contribution in [3.8, 4) is 0 Å². The summed E-state index contributed by atoms with van der Waals surface area (Å²) in [4.78, 5) is 14.5. The highest BCUT2D eigenvalue weighted by Crippen LogP contribution is 2.11. The summed E-state index contributed by atoms with van der Waals surface area (Å²) < 4.78 is 0.994. The van der Waals surface area contributed by atoms with Crippen LogP contribution in [-0.2, 0) is 6.54 Å². The molecule has 2 rings (SSSR count). The molecule has 4 nitrogen and oxygen atoms in total. The molecule has 0 saturated carbocycles. The summed E-state index contributed by atoms with van der Waals surface area (Å²) in [5.41, 5.74) is 7.58. The Kier molecular flexibility index (Phi) is 3.49. The Morgan fingerprint density at radius 2 is 2.24 bits per heavy atom. The molecule has 2 aromatic rings. The Bertz CT molecular complexity index is 536. The van der Waals surface area contributed by atoms with Crippen LogP contribution >= 0.6 is 15.9 Å². The van der Waals surface area contributed by atoms with E-state index in [1.807, 2.05) is 24.3 Å². The summed E-state index contributed by atoms with van der Waals surface area (Å²) in [6.07, 6.45) is 1.59. The van der Waals surface area contributed by atoms with E-state index in [9.17, 15) is 4.79 Å². The van der Waals surface area contributed by atoms with E-state index in [-0.39, 0.29) is 5.91 Å². The average Bonchev–Trinajstić information content (AvgIpc) is 2.73. The maximum atomic E-state index is 11.7. The smallest absolute Gasteiger partial charge is 0.268 e. The maximum absolute atomic E-state index is 11.7. The van der Waals surface area contributed by atoms with Gasteiger partial charge in [0.25, 0.3) is 5.91 Å². The Labute approximate surface area is 107 Å². The molecule has 1 aromatic heterocycles. The minimum Gasteiger partial charge on any atom is -0.397 e. The summed E-state index contributed by atoms with van der Waals surface area (Å²) in [6, 6.07) is 9.39. The number of hydrogen-bond acceptors (Lipinski definition) is 2. The quantitative estimate of drug-likeness (QED) is 0.812. The molecule has 0 spiro atoms. The van der Waals surface area contributed by atoms with Gasteiger partial charge in [-0.05, 0) is 23.8 Å². The van der Waals surface area contributed by atoms with E-state index in [4.69, 9.17) is 5.73 Å². The number of benzene rings is 1. The third kappa shape index (κ3) is 3.10. The third-order valence-electron chi connectivity index (χ3n) is 2.29. The van der Waals surface area contributed by atoms with Gasteiger partial charge in [-0.2, -0.15) is 0 Å². The van der Waals surface area contributed by atoms with E-state index in [0.29, 0.717) is 17.9 Å². The number of nitrogen functional groups attached to an aromatic ring is 1. The number of rotatable bonds is 3. The van der Waals surface area contributed by atoms with Crippen molar-refractivity contribution in [2.45, 2.75) is 6.54 Å². The maximum Gasteiger partial charge on any atom is 0.268 e. The molecular weight excluding hydrogens is 282 g/mol. The topological polar surface area (TPSA) is 70.9 Å². The van der Waals surface area contributed by atoms with Crippen molar-refractivity contribution in [3.63, 3.8) is 0 Å². The lowest BCUT2D eigenvalue weighted by Crippen LogP contribution is -2.23. The van der Waals surface area contributed by atoms with Crippen LogP contribution in [0.5, 0.6) is 0 Å². The highest BCUT2D eigenvalue weighted by atomic mass is 79.9. The fourth-order valence-electron chi connectivity index (χ4n) is 1.47. The molecule has 0 radical (unpaired) electrons. The van der Waals surface area contributed by atoms with Gasteiger partial charge in [-0.15, -0.1) is 0 Å². The highest BCUT2D eigenvalue weighted by Gasteiger charge is 2.06. The van der Waals surface area contributed by atoms with Gasteiger partial charge in [-0.1, -0.05) is 28.1 Å². The van der Waals surface area contributed by atoms with Crippen molar-refractivity contribution in [1.82, 2.24) is 10.3 Å². The van der Waals surface area contributed by atoms with Crippen molar-refractivity contribution in [2.75, 3.05) is 5.73 Å². The zero-order valence-electron chi connectivity index (χ0n) is 9.03. The second kappa shape index (κ2) is 5.05. The first-order valence-electron chi connectivity index (χ1n) is 5.11. The van der Waals surface area contributed by atoms with E-state index in [0.717, 1.165) is 10.0 Å². The molecule has 0 bridgehead atoms. The van der Waals surface area contributed by atoms with Crippen molar-refractivity contribution in [2.24, 2.45) is 0 Å². The molecule has 88 valence electrons. The first kappa shape index (κ1) is 11.7. The molecule has 1 heterocycles. The van der Waals surface area contributed by atoms with Crippen LogP contribution in [0.2, 0.25) is 0 Å². The van der Waals surface area contributed by atoms with E-state index in [1.165, 1.54) is 0 Å². The molecule has 0 aliphatic heterocycles. The predicted molar refractivity (Wildman–Crippen MR) is 70.5 cm³/mol. The monoisotopic (exact) mass is 293 g/mol. The number of carbonyl (C=O) groups excluding carboxylic acids is 1. The predicted octanol–water partition coefficient (Wildman–Crippen LogP) is 2.29. The molecule has 17 heavy (non-hydrogen) atoms. The zero-order valence-corrected chi connectivity index (χ0v) is 10.6. The van der Waals surface area contributed by atoms with Crippen molar-refractivity contribution in [1.29, 1.82) is 0 Å². The molecule has 0 atom stereocenters. The lowest BCUT2D eigenvalue weighted by atomic mass is 10.2. The van der Waals surface area contributed by atoms with Crippen LogP contribution in [0.1, 0.15) is 16.1 Å². The van der Waals surface area contributed by atoms with Crippen LogP contribution in [-0.4, -0.2) is 10.9 Å². The van der Waals surface area contributed by atoms with Gasteiger partial charge in [0.1, 0.15) is 5.69 Å². The van der Waals surface area contributed by atoms with Gasteiger partial charge >= 0.3 is 0 Å². The normalized spacial score (nSPS) is 10.2. The largest absolute Gasteiger partial charge is 0.397 e. The van der Waals surface area contributed by atoms with Gasteiger partial charge in [-0.3, -0.25) is 4.79 Å². The fraction of sp³-hybridized carbons (Fsp3) is 0.0833. The minimum atomic E-state index is -0.165. The number of hydrogen-bond donors (Lipinski definition) is 3. The third-order valence-corrected chi connectivity index (χ3v) is 2.79. The number of nitrogens with two attached hydrogens (primary N) is 1. The molecule has 0 saturated heterocycles. The Morgan fingerprint density at radius 1 is 1.41 bits per heavy atom. The fourth-order valence-corrected chi connectivity index (χ4v) is 1.91. The lowest BCUT2D eigenvalue weighted by Gasteiger charge is -2.04. The van der Waals surface area contributed by atoms with E-state index in [2.05, 4.69) is 26.2 Å². The summed E-state index contributed by atoms with van der Waals surface area (Å²) in [5.74, 6) is -0.165. The van der Waals surface area contributed by atoms with Gasteiger partial charge in [0.2, 0.25) is 0 Å². The number of aromatic nitrogens is 1. The standard InChI is InChI=1S/C12H12BrN3O/c13-9-3-1-2-8(4-9)6-16-12(17)11-5-10(14)7-15-11/h1-5,7,15H,6,14H2,(H,16,17). The number of amides is 1. The van der Waals surface area contributed by atoms with Crippen molar-refractivity contribution < 1.29 is 4.79 Å². The molecule has 0 unspecified atom stereocenters. The van der Waals surface area contributed by atoms with Gasteiger partial charge in [-0.25, -0.2) is 0 Å². The number of nitrogens with one attached hydrogen (secondary N) is 2. The summed E-state index contributed by atoms with van der Waals surface area (Å²) in [7, 11) is 0. The minimum absolute atomic E-state index is 0.165. The Balaban J connectivity index is 1.97. The molecular formula is C12H12BrN3O. The second-order valence-electron chi connectivity index (χ2n) is 3.66. The molecule has 0 fully saturated rings. The first-order chi connectivity index (χ1) is 8.15. The zero-order chi connectivity index (χ0) is 12.3. The summed E-state index contributed by atoms with van der Waals surface area (Å²) in [6.45, 7) is 0.483. The Hall–Kier alpha value is -1.75. The summed E-state index contributed by atoms with van der Waals surface area (Å²) >= 11 is 3.38. The van der Waals surface area contributed by atoms with Crippen LogP contribution in [0.3, 0.4) is 0 Å². The van der Waals surface area contributed by atoms with Crippen LogP contribution in [0, 0.1) is 0 Å². The van der Waals surface area contributed by atoms with E-state index < -0.39 is 0 Å². The molecule has 0 aliphatic carbocycles. The van der Waals surface area contributed by atoms with Gasteiger partial charge in [0.15, 0.2) is 0 Å². The number of anilines is 1. The van der Waals surface area contributed by atoms with Crippen molar-refractivity contribution in [3.05, 3.63) is 52.3 Å². The number of carbonyl (C=O) groups is 1. The Morgan fingerprint density at radius 3 is 2.88 bits per heavy atom. The number of aromatic amines is 1. The lowest BCUT2D eigenvalue weighted by molar-refractivity contribution is 0.0946. The molecule has 0 aliphatic rings. The SMILES string of the molecule is Nc1c[nH]c(C(=O)NCc2cccc(Br)c2)c1. The molecule has 1 aromatic carbocycles. The van der Waals surface area contributed by atoms with Crippen molar-refractivity contribution >= 4 is 27.5 Å². The average molecular weight is 294 g/mol. The van der Waals surface area contributed by atoms with Crippen LogP contribution < -0.4 is 11.1 Å². The number of H-pyrrole nitrogens is 1. The van der Waals surface area contributed by atoms with Crippen LogP contribution in [0.25, 0.3) is 0 Å². The highest BCUT2D eigenvalue weighted by molar-refractivity contribution is 9.10. The molecule has 5 heteroatoms. The first-order valence-corrected chi connectivity index (χ1v) is 5.91. The van der Waals surface area contributed by atoms with E-state index >= 15 is 0 Å². The summed E-state index contributed by atoms with van der Waals surface area (Å²) in [5, 5.41) is 2.81. The van der Waals surface area contributed by atoms with Gasteiger partial charge in [0, 0.05) is 22.9 Å². The second-order valence-corrected chi connectivity index (χ2v) is 4.57. The van der Waals surface area contributed by atoms with E-state index in [1.54, 1.807) is 12.3 Å². The van der Waals surface area contributed by atoms with Gasteiger partial charge in [0.05, 0.1) is 0 Å².